The van der Waals surface area contributed by atoms with E-state index in [1.54, 1.807) is 0 Å². The third kappa shape index (κ3) is 4.56. The van der Waals surface area contributed by atoms with E-state index in [0.29, 0.717) is 23.0 Å². The van der Waals surface area contributed by atoms with Gasteiger partial charge in [-0.1, -0.05) is 91.0 Å². The van der Waals surface area contributed by atoms with E-state index < -0.39 is 0 Å². The molecule has 0 fully saturated rings. The maximum atomic E-state index is 6.86. The highest BCUT2D eigenvalue weighted by Crippen LogP contribution is 2.58. The number of nitrogens with zero attached hydrogens (tertiary/aromatic N) is 2. The van der Waals surface area contributed by atoms with Gasteiger partial charge in [0.25, 0.3) is 0 Å². The first kappa shape index (κ1) is 26.9. The Balaban J connectivity index is 1.33. The van der Waals surface area contributed by atoms with Crippen molar-refractivity contribution in [1.82, 2.24) is 0 Å². The molecule has 2 heterocycles. The van der Waals surface area contributed by atoms with Crippen molar-refractivity contribution in [2.24, 2.45) is 0 Å². The Kier molecular flexibility index (Phi) is 6.39. The van der Waals surface area contributed by atoms with Crippen LogP contribution >= 0.6 is 0 Å². The van der Waals surface area contributed by atoms with Crippen LogP contribution in [0.3, 0.4) is 0 Å². The van der Waals surface area contributed by atoms with Gasteiger partial charge in [0.05, 0.1) is 22.4 Å². The van der Waals surface area contributed by atoms with Gasteiger partial charge in [0.2, 0.25) is 0 Å². The van der Waals surface area contributed by atoms with E-state index in [9.17, 15) is 0 Å². The zero-order valence-corrected chi connectivity index (χ0v) is 25.3. The Morgan fingerprint density at radius 2 is 0.809 bits per heavy atom. The van der Waals surface area contributed by atoms with Gasteiger partial charge in [-0.05, 0) is 78.9 Å². The molecule has 1 aliphatic heterocycles. The maximum Gasteiger partial charge on any atom is 0.196 e. The fraction of sp³-hybridized carbons (Fsp3) is 0. The Labute approximate surface area is 272 Å². The second-order valence-electron chi connectivity index (χ2n) is 11.3. The van der Waals surface area contributed by atoms with Crippen LogP contribution in [0.15, 0.2) is 174 Å². The predicted octanol–water partition coefficient (Wildman–Crippen LogP) is 12.4. The van der Waals surface area contributed by atoms with E-state index in [-0.39, 0.29) is 0 Å². The summed E-state index contributed by atoms with van der Waals surface area (Å²) in [5.74, 6) is 2.56. The normalized spacial score (nSPS) is 11.7. The summed E-state index contributed by atoms with van der Waals surface area (Å²) in [6.45, 7) is 0. The van der Waals surface area contributed by atoms with Crippen molar-refractivity contribution in [3.63, 3.8) is 0 Å². The molecule has 1 aliphatic rings. The van der Waals surface area contributed by atoms with Gasteiger partial charge >= 0.3 is 0 Å². The van der Waals surface area contributed by atoms with Gasteiger partial charge in [-0.2, -0.15) is 0 Å². The van der Waals surface area contributed by atoms with Gasteiger partial charge in [0.1, 0.15) is 11.2 Å². The zero-order valence-electron chi connectivity index (χ0n) is 25.3. The Morgan fingerprint density at radius 1 is 0.340 bits per heavy atom. The molecule has 0 atom stereocenters. The number of para-hydroxylation sites is 6. The molecule has 7 aromatic carbocycles. The number of benzene rings is 7. The van der Waals surface area contributed by atoms with E-state index in [1.165, 1.54) is 0 Å². The molecule has 1 aromatic heterocycles. The fourth-order valence-corrected chi connectivity index (χ4v) is 6.44. The number of rotatable bonds is 6. The van der Waals surface area contributed by atoms with Crippen molar-refractivity contribution in [1.29, 1.82) is 0 Å². The molecule has 0 saturated heterocycles. The predicted molar refractivity (Wildman–Crippen MR) is 190 cm³/mol. The minimum absolute atomic E-state index is 0.617. The quantitative estimate of drug-likeness (QED) is 0.188. The van der Waals surface area contributed by atoms with Crippen molar-refractivity contribution < 1.29 is 13.9 Å². The van der Waals surface area contributed by atoms with Crippen molar-refractivity contribution >= 4 is 56.1 Å². The average Bonchev–Trinajstić information content (AvgIpc) is 3.53. The molecule has 0 N–H and O–H groups in total. The lowest BCUT2D eigenvalue weighted by atomic mass is 10.1. The van der Waals surface area contributed by atoms with Crippen LogP contribution in [0.4, 0.5) is 34.1 Å². The molecule has 0 aliphatic carbocycles. The minimum Gasteiger partial charge on any atom is -0.456 e. The highest BCUT2D eigenvalue weighted by molar-refractivity contribution is 6.13. The van der Waals surface area contributed by atoms with Crippen LogP contribution in [-0.2, 0) is 0 Å². The van der Waals surface area contributed by atoms with Gasteiger partial charge in [-0.3, -0.25) is 0 Å². The van der Waals surface area contributed by atoms with E-state index in [0.717, 1.165) is 56.1 Å². The fourth-order valence-electron chi connectivity index (χ4n) is 6.44. The SMILES string of the molecule is c1ccc(N(c2ccccc2)c2ccc(N(c3ccccc3)c3cccc4oc5ccccc5c34)c3c2Oc2ccccc2O3)cc1. The maximum absolute atomic E-state index is 6.86. The van der Waals surface area contributed by atoms with Crippen molar-refractivity contribution in [2.45, 2.75) is 0 Å². The molecule has 0 saturated carbocycles. The largest absolute Gasteiger partial charge is 0.456 e. The highest BCUT2D eigenvalue weighted by Gasteiger charge is 2.32. The molecule has 47 heavy (non-hydrogen) atoms. The van der Waals surface area contributed by atoms with Gasteiger partial charge in [0.15, 0.2) is 23.0 Å². The molecule has 5 heteroatoms. The Hall–Kier alpha value is -6.46. The summed E-state index contributed by atoms with van der Waals surface area (Å²) in [6.07, 6.45) is 0. The standard InChI is InChI=1S/C42H28N2O3/c1-4-15-29(16-5-1)43(30-17-6-2-7-18-30)34-27-28-35(42-41(34)46-37-24-12-13-25-38(37)47-42)44(31-19-8-3-9-20-31)33-22-14-26-39-40(33)32-21-10-11-23-36(32)45-39/h1-28H. The molecular weight excluding hydrogens is 580 g/mol. The number of fused-ring (bicyclic) bond motifs is 5. The summed E-state index contributed by atoms with van der Waals surface area (Å²) in [6, 6.07) is 57.4. The lowest BCUT2D eigenvalue weighted by Gasteiger charge is -2.34. The van der Waals surface area contributed by atoms with Crippen LogP contribution < -0.4 is 19.3 Å². The average molecular weight is 609 g/mol. The Morgan fingerprint density at radius 3 is 1.40 bits per heavy atom. The van der Waals surface area contributed by atoms with Crippen molar-refractivity contribution in [3.8, 4) is 23.0 Å². The molecular formula is C42H28N2O3. The van der Waals surface area contributed by atoms with Crippen LogP contribution in [0, 0.1) is 0 Å². The molecule has 0 radical (unpaired) electrons. The van der Waals surface area contributed by atoms with Crippen LogP contribution in [0.2, 0.25) is 0 Å². The summed E-state index contributed by atoms with van der Waals surface area (Å²) in [4.78, 5) is 4.44. The first-order chi connectivity index (χ1) is 23.3. The molecule has 0 unspecified atom stereocenters. The summed E-state index contributed by atoms with van der Waals surface area (Å²) >= 11 is 0. The second-order valence-corrected chi connectivity index (χ2v) is 11.3. The van der Waals surface area contributed by atoms with Crippen molar-refractivity contribution in [2.75, 3.05) is 9.80 Å². The summed E-state index contributed by atoms with van der Waals surface area (Å²) in [5, 5.41) is 2.07. The summed E-state index contributed by atoms with van der Waals surface area (Å²) in [7, 11) is 0. The van der Waals surface area contributed by atoms with E-state index in [4.69, 9.17) is 13.9 Å². The van der Waals surface area contributed by atoms with Gasteiger partial charge in [-0.15, -0.1) is 0 Å². The highest BCUT2D eigenvalue weighted by atomic mass is 16.6. The first-order valence-corrected chi connectivity index (χ1v) is 15.6. The van der Waals surface area contributed by atoms with Gasteiger partial charge in [0, 0.05) is 22.4 Å². The molecule has 5 nitrogen and oxygen atoms in total. The van der Waals surface area contributed by atoms with Gasteiger partial charge in [-0.25, -0.2) is 0 Å². The molecule has 0 bridgehead atoms. The second kappa shape index (κ2) is 11.2. The first-order valence-electron chi connectivity index (χ1n) is 15.6. The molecule has 0 spiro atoms. The molecule has 0 amide bonds. The number of furan rings is 1. The van der Waals surface area contributed by atoms with Crippen LogP contribution in [0.5, 0.6) is 23.0 Å². The van der Waals surface area contributed by atoms with E-state index in [1.807, 2.05) is 97.1 Å². The lowest BCUT2D eigenvalue weighted by molar-refractivity contribution is 0.361. The minimum atomic E-state index is 0.617. The third-order valence-corrected chi connectivity index (χ3v) is 8.49. The molecule has 9 rings (SSSR count). The van der Waals surface area contributed by atoms with Crippen molar-refractivity contribution in [3.05, 3.63) is 170 Å². The summed E-state index contributed by atoms with van der Waals surface area (Å²) < 4.78 is 20.0. The van der Waals surface area contributed by atoms with E-state index in [2.05, 4.69) is 82.6 Å². The number of hydrogen-bond donors (Lipinski definition) is 0. The molecule has 224 valence electrons. The monoisotopic (exact) mass is 608 g/mol. The van der Waals surface area contributed by atoms with Crippen LogP contribution in [0.25, 0.3) is 21.9 Å². The number of ether oxygens (including phenoxy) is 2. The topological polar surface area (TPSA) is 38.1 Å². The third-order valence-electron chi connectivity index (χ3n) is 8.49. The summed E-state index contributed by atoms with van der Waals surface area (Å²) in [5.41, 5.74) is 7.31. The number of hydrogen-bond acceptors (Lipinski definition) is 5. The smallest absolute Gasteiger partial charge is 0.196 e. The number of anilines is 6. The van der Waals surface area contributed by atoms with Gasteiger partial charge < -0.3 is 23.7 Å². The van der Waals surface area contributed by atoms with Crippen LogP contribution in [-0.4, -0.2) is 0 Å². The van der Waals surface area contributed by atoms with E-state index >= 15 is 0 Å². The zero-order chi connectivity index (χ0) is 31.2. The Bertz CT molecular complexity index is 2330. The molecule has 8 aromatic rings. The lowest BCUT2D eigenvalue weighted by Crippen LogP contribution is -2.16. The van der Waals surface area contributed by atoms with Crippen LogP contribution in [0.1, 0.15) is 0 Å².